The molecule has 1 fully saturated rings. The van der Waals surface area contributed by atoms with Gasteiger partial charge in [0.2, 0.25) is 0 Å². The zero-order valence-electron chi connectivity index (χ0n) is 11.4. The van der Waals surface area contributed by atoms with Crippen LogP contribution in [0.5, 0.6) is 0 Å². The number of carbonyl (C=O) groups excluding carboxylic acids is 1. The molecule has 0 aromatic rings. The van der Waals surface area contributed by atoms with Gasteiger partial charge in [-0.1, -0.05) is 20.8 Å². The summed E-state index contributed by atoms with van der Waals surface area (Å²) in [5.41, 5.74) is -0.0541. The van der Waals surface area contributed by atoms with Crippen LogP contribution in [0.1, 0.15) is 27.2 Å². The Morgan fingerprint density at radius 2 is 1.94 bits per heavy atom. The van der Waals surface area contributed by atoms with E-state index in [1.54, 1.807) is 7.05 Å². The lowest BCUT2D eigenvalue weighted by atomic mass is 9.96. The van der Waals surface area contributed by atoms with E-state index in [1.165, 1.54) is 9.80 Å². The quantitative estimate of drug-likeness (QED) is 0.760. The Bertz CT molecular complexity index is 337. The molecule has 1 aliphatic heterocycles. The maximum atomic E-state index is 12.2. The van der Waals surface area contributed by atoms with Gasteiger partial charge in [-0.05, 0) is 5.41 Å². The minimum atomic E-state index is -1.07. The van der Waals surface area contributed by atoms with Crippen molar-refractivity contribution in [2.24, 2.45) is 5.41 Å². The summed E-state index contributed by atoms with van der Waals surface area (Å²) in [5, 5.41) is 18.5. The van der Waals surface area contributed by atoms with Crippen LogP contribution in [0.2, 0.25) is 0 Å². The number of rotatable bonds is 2. The van der Waals surface area contributed by atoms with Crippen LogP contribution in [0.3, 0.4) is 0 Å². The predicted molar refractivity (Wildman–Crippen MR) is 66.2 cm³/mol. The molecule has 6 nitrogen and oxygen atoms in total. The molecule has 6 heteroatoms. The minimum absolute atomic E-state index is 0.0541. The number of carboxylic acid groups (broad SMARTS) is 1. The smallest absolute Gasteiger partial charge is 0.326 e. The molecular weight excluding hydrogens is 236 g/mol. The molecule has 0 aliphatic carbocycles. The van der Waals surface area contributed by atoms with Gasteiger partial charge in [-0.15, -0.1) is 0 Å². The molecule has 104 valence electrons. The highest BCUT2D eigenvalue weighted by Gasteiger charge is 2.40. The second kappa shape index (κ2) is 5.14. The maximum Gasteiger partial charge on any atom is 0.326 e. The Morgan fingerprint density at radius 3 is 2.39 bits per heavy atom. The molecule has 1 rings (SSSR count). The third-order valence-corrected chi connectivity index (χ3v) is 2.85. The molecule has 2 amide bonds. The number of aliphatic carboxylic acids is 1. The molecule has 2 N–H and O–H groups in total. The van der Waals surface area contributed by atoms with Gasteiger partial charge in [-0.3, -0.25) is 0 Å². The number of hydrogen-bond acceptors (Lipinski definition) is 3. The molecule has 18 heavy (non-hydrogen) atoms. The summed E-state index contributed by atoms with van der Waals surface area (Å²) in [7, 11) is 1.65. The minimum Gasteiger partial charge on any atom is -0.480 e. The number of aliphatic hydroxyl groups excluding tert-OH is 1. The van der Waals surface area contributed by atoms with Crippen LogP contribution >= 0.6 is 0 Å². The number of aliphatic hydroxyl groups is 1. The number of carboxylic acids is 1. The van der Waals surface area contributed by atoms with E-state index in [0.717, 1.165) is 0 Å². The second-order valence-electron chi connectivity index (χ2n) is 6.10. The molecule has 1 aliphatic rings. The van der Waals surface area contributed by atoms with Crippen molar-refractivity contribution >= 4 is 12.0 Å². The van der Waals surface area contributed by atoms with Crippen molar-refractivity contribution in [2.75, 3.05) is 20.1 Å². The van der Waals surface area contributed by atoms with Gasteiger partial charge in [-0.25, -0.2) is 9.59 Å². The summed E-state index contributed by atoms with van der Waals surface area (Å²) >= 11 is 0. The SMILES string of the molecule is CN(CC(C)(C)C)C(=O)N1CC(O)CC1C(=O)O. The largest absolute Gasteiger partial charge is 0.480 e. The van der Waals surface area contributed by atoms with E-state index in [9.17, 15) is 14.7 Å². The van der Waals surface area contributed by atoms with E-state index >= 15 is 0 Å². The van der Waals surface area contributed by atoms with E-state index in [2.05, 4.69) is 0 Å². The number of amides is 2. The lowest BCUT2D eigenvalue weighted by molar-refractivity contribution is -0.141. The van der Waals surface area contributed by atoms with Gasteiger partial charge in [0, 0.05) is 26.6 Å². The van der Waals surface area contributed by atoms with Crippen molar-refractivity contribution in [2.45, 2.75) is 39.3 Å². The molecule has 0 bridgehead atoms. The number of hydrogen-bond donors (Lipinski definition) is 2. The number of urea groups is 1. The van der Waals surface area contributed by atoms with E-state index in [-0.39, 0.29) is 24.4 Å². The van der Waals surface area contributed by atoms with Gasteiger partial charge in [-0.2, -0.15) is 0 Å². The topological polar surface area (TPSA) is 81.1 Å². The summed E-state index contributed by atoms with van der Waals surface area (Å²) in [6.07, 6.45) is -0.650. The fourth-order valence-electron chi connectivity index (χ4n) is 2.26. The number of carbonyl (C=O) groups is 2. The molecule has 2 atom stereocenters. The summed E-state index contributed by atoms with van der Waals surface area (Å²) in [6.45, 7) is 6.63. The summed E-state index contributed by atoms with van der Waals surface area (Å²) in [5.74, 6) is -1.07. The van der Waals surface area contributed by atoms with Crippen molar-refractivity contribution in [3.05, 3.63) is 0 Å². The summed E-state index contributed by atoms with van der Waals surface area (Å²) < 4.78 is 0. The van der Waals surface area contributed by atoms with Gasteiger partial charge >= 0.3 is 12.0 Å². The highest BCUT2D eigenvalue weighted by atomic mass is 16.4. The first kappa shape index (κ1) is 14.8. The Kier molecular flexibility index (Phi) is 4.21. The van der Waals surface area contributed by atoms with Crippen LogP contribution in [0.4, 0.5) is 4.79 Å². The number of nitrogens with zero attached hydrogens (tertiary/aromatic N) is 2. The molecular formula is C12H22N2O4. The molecule has 0 spiro atoms. The van der Waals surface area contributed by atoms with Gasteiger partial charge in [0.25, 0.3) is 0 Å². The number of β-amino-alcohol motifs (C(OH)–C–C–N with tert-alkyl or cyclic N) is 1. The second-order valence-corrected chi connectivity index (χ2v) is 6.10. The fourth-order valence-corrected chi connectivity index (χ4v) is 2.26. The Morgan fingerprint density at radius 1 is 1.39 bits per heavy atom. The molecule has 0 radical (unpaired) electrons. The fraction of sp³-hybridized carbons (Fsp3) is 0.833. The first-order valence-corrected chi connectivity index (χ1v) is 6.04. The van der Waals surface area contributed by atoms with Crippen molar-refractivity contribution in [1.29, 1.82) is 0 Å². The first-order valence-electron chi connectivity index (χ1n) is 6.04. The Labute approximate surface area is 107 Å². The maximum absolute atomic E-state index is 12.2. The van der Waals surface area contributed by atoms with Gasteiger partial charge in [0.1, 0.15) is 6.04 Å². The normalized spacial score (nSPS) is 24.2. The summed E-state index contributed by atoms with van der Waals surface area (Å²) in [4.78, 5) is 25.9. The van der Waals surface area contributed by atoms with Crippen molar-refractivity contribution in [3.63, 3.8) is 0 Å². The van der Waals surface area contributed by atoms with Crippen LogP contribution < -0.4 is 0 Å². The van der Waals surface area contributed by atoms with Crippen molar-refractivity contribution in [3.8, 4) is 0 Å². The van der Waals surface area contributed by atoms with Crippen LogP contribution in [0.15, 0.2) is 0 Å². The third-order valence-electron chi connectivity index (χ3n) is 2.85. The van der Waals surface area contributed by atoms with Crippen LogP contribution in [0, 0.1) is 5.41 Å². The molecule has 0 saturated carbocycles. The third kappa shape index (κ3) is 3.60. The molecule has 0 aromatic carbocycles. The standard InChI is InChI=1S/C12H22N2O4/c1-12(2,3)7-13(4)11(18)14-6-8(15)5-9(14)10(16)17/h8-9,15H,5-7H2,1-4H3,(H,16,17). The Balaban J connectivity index is 2.73. The van der Waals surface area contributed by atoms with Crippen LogP contribution in [-0.4, -0.2) is 64.3 Å². The van der Waals surface area contributed by atoms with Crippen LogP contribution in [-0.2, 0) is 4.79 Å². The van der Waals surface area contributed by atoms with Gasteiger partial charge in [0.05, 0.1) is 6.10 Å². The van der Waals surface area contributed by atoms with Crippen LogP contribution in [0.25, 0.3) is 0 Å². The zero-order chi connectivity index (χ0) is 14.1. The highest BCUT2D eigenvalue weighted by Crippen LogP contribution is 2.21. The monoisotopic (exact) mass is 258 g/mol. The van der Waals surface area contributed by atoms with E-state index in [4.69, 9.17) is 5.11 Å². The van der Waals surface area contributed by atoms with E-state index in [1.807, 2.05) is 20.8 Å². The zero-order valence-corrected chi connectivity index (χ0v) is 11.4. The van der Waals surface area contributed by atoms with Gasteiger partial charge in [0.15, 0.2) is 0 Å². The average molecular weight is 258 g/mol. The van der Waals surface area contributed by atoms with Crippen molar-refractivity contribution < 1.29 is 19.8 Å². The predicted octanol–water partition coefficient (Wildman–Crippen LogP) is 0.604. The highest BCUT2D eigenvalue weighted by molar-refractivity contribution is 5.83. The lowest BCUT2D eigenvalue weighted by Gasteiger charge is -2.31. The average Bonchev–Trinajstić information content (AvgIpc) is 2.56. The molecule has 2 unspecified atom stereocenters. The molecule has 1 saturated heterocycles. The van der Waals surface area contributed by atoms with Crippen molar-refractivity contribution in [1.82, 2.24) is 9.80 Å². The number of likely N-dealkylation sites (tertiary alicyclic amines) is 1. The molecule has 0 aromatic heterocycles. The first-order chi connectivity index (χ1) is 8.11. The van der Waals surface area contributed by atoms with E-state index in [0.29, 0.717) is 6.54 Å². The lowest BCUT2D eigenvalue weighted by Crippen LogP contribution is -2.48. The van der Waals surface area contributed by atoms with Gasteiger partial charge < -0.3 is 20.0 Å². The summed E-state index contributed by atoms with van der Waals surface area (Å²) in [6, 6.07) is -1.26. The molecule has 1 heterocycles. The Hall–Kier alpha value is -1.30. The van der Waals surface area contributed by atoms with E-state index < -0.39 is 18.1 Å².